The van der Waals surface area contributed by atoms with E-state index in [9.17, 15) is 14.4 Å². The van der Waals surface area contributed by atoms with Gasteiger partial charge in [-0.05, 0) is 24.3 Å². The number of hydrogen-bond donors (Lipinski definition) is 2. The van der Waals surface area contributed by atoms with Crippen LogP contribution in [0.15, 0.2) is 39.0 Å². The number of thioether (sulfide) groups is 1. The zero-order chi connectivity index (χ0) is 19.7. The van der Waals surface area contributed by atoms with Crippen LogP contribution in [-0.4, -0.2) is 35.9 Å². The average molecular weight is 407 g/mol. The van der Waals surface area contributed by atoms with Crippen molar-refractivity contribution >= 4 is 35.0 Å². The van der Waals surface area contributed by atoms with Crippen LogP contribution in [0, 0.1) is 0 Å². The summed E-state index contributed by atoms with van der Waals surface area (Å²) in [6.45, 7) is 0. The second-order valence-corrected chi connectivity index (χ2v) is 7.04. The SMILES string of the molecule is Cn1c(SCC(=O)c2c(N)n(C)c(=O)[nH]c2=O)nnc1-c1ccc(Cl)cc1. The normalized spacial score (nSPS) is 10.9. The zero-order valence-corrected chi connectivity index (χ0v) is 16.0. The Labute approximate surface area is 162 Å². The van der Waals surface area contributed by atoms with Gasteiger partial charge in [-0.3, -0.25) is 19.1 Å². The topological polar surface area (TPSA) is 129 Å². The van der Waals surface area contributed by atoms with Gasteiger partial charge in [0, 0.05) is 24.7 Å². The minimum Gasteiger partial charge on any atom is -0.384 e. The van der Waals surface area contributed by atoms with Crippen molar-refractivity contribution in [2.75, 3.05) is 11.5 Å². The van der Waals surface area contributed by atoms with Gasteiger partial charge in [-0.15, -0.1) is 10.2 Å². The Kier molecular flexibility index (Phi) is 5.19. The van der Waals surface area contributed by atoms with Crippen molar-refractivity contribution in [3.05, 3.63) is 55.7 Å². The highest BCUT2D eigenvalue weighted by molar-refractivity contribution is 7.99. The molecule has 0 saturated heterocycles. The summed E-state index contributed by atoms with van der Waals surface area (Å²) in [6.07, 6.45) is 0. The molecule has 0 radical (unpaired) electrons. The van der Waals surface area contributed by atoms with Crippen molar-refractivity contribution in [3.8, 4) is 11.4 Å². The number of nitrogens with two attached hydrogens (primary N) is 1. The van der Waals surface area contributed by atoms with Gasteiger partial charge in [0.2, 0.25) is 0 Å². The summed E-state index contributed by atoms with van der Waals surface area (Å²) < 4.78 is 2.75. The van der Waals surface area contributed by atoms with E-state index in [2.05, 4.69) is 15.2 Å². The minimum absolute atomic E-state index is 0.0852. The zero-order valence-electron chi connectivity index (χ0n) is 14.4. The second kappa shape index (κ2) is 7.41. The Morgan fingerprint density at radius 1 is 1.19 bits per heavy atom. The van der Waals surface area contributed by atoms with Gasteiger partial charge >= 0.3 is 5.69 Å². The predicted octanol–water partition coefficient (Wildman–Crippen LogP) is 1.08. The van der Waals surface area contributed by atoms with E-state index in [0.717, 1.165) is 21.9 Å². The van der Waals surface area contributed by atoms with E-state index >= 15 is 0 Å². The summed E-state index contributed by atoms with van der Waals surface area (Å²) in [5, 5.41) is 9.31. The van der Waals surface area contributed by atoms with Crippen LogP contribution < -0.4 is 17.0 Å². The number of H-pyrrole nitrogens is 1. The monoisotopic (exact) mass is 406 g/mol. The van der Waals surface area contributed by atoms with Crippen LogP contribution >= 0.6 is 23.4 Å². The molecule has 0 bridgehead atoms. The quantitative estimate of drug-likeness (QED) is 0.479. The lowest BCUT2D eigenvalue weighted by molar-refractivity contribution is 0.102. The van der Waals surface area contributed by atoms with Gasteiger partial charge in [0.15, 0.2) is 16.8 Å². The fraction of sp³-hybridized carbons (Fsp3) is 0.188. The molecule has 2 heterocycles. The Hall–Kier alpha value is -2.85. The maximum Gasteiger partial charge on any atom is 0.329 e. The van der Waals surface area contributed by atoms with E-state index in [-0.39, 0.29) is 17.1 Å². The van der Waals surface area contributed by atoms with Crippen molar-refractivity contribution in [1.29, 1.82) is 0 Å². The van der Waals surface area contributed by atoms with E-state index in [0.29, 0.717) is 16.0 Å². The molecule has 0 aliphatic heterocycles. The average Bonchev–Trinajstić information content (AvgIpc) is 2.99. The fourth-order valence-electron chi connectivity index (χ4n) is 2.40. The maximum atomic E-state index is 12.4. The standard InChI is InChI=1S/C16H15ClN6O3S/c1-22-12(18)11(14(25)19-15(22)26)10(24)7-27-16-21-20-13(23(16)2)8-3-5-9(17)6-4-8/h3-6H,7,18H2,1-2H3,(H,19,25,26). The van der Waals surface area contributed by atoms with Crippen LogP contribution in [0.25, 0.3) is 11.4 Å². The first-order valence-electron chi connectivity index (χ1n) is 7.69. The molecular weight excluding hydrogens is 392 g/mol. The van der Waals surface area contributed by atoms with Crippen LogP contribution in [0.1, 0.15) is 10.4 Å². The molecule has 0 atom stereocenters. The van der Waals surface area contributed by atoms with Crippen molar-refractivity contribution in [1.82, 2.24) is 24.3 Å². The van der Waals surface area contributed by atoms with Crippen molar-refractivity contribution in [2.45, 2.75) is 5.16 Å². The van der Waals surface area contributed by atoms with E-state index in [1.54, 1.807) is 23.7 Å². The van der Waals surface area contributed by atoms with Crippen molar-refractivity contribution < 1.29 is 4.79 Å². The molecule has 140 valence electrons. The molecule has 3 rings (SSSR count). The Morgan fingerprint density at radius 2 is 1.85 bits per heavy atom. The third-order valence-electron chi connectivity index (χ3n) is 3.92. The van der Waals surface area contributed by atoms with E-state index < -0.39 is 17.0 Å². The van der Waals surface area contributed by atoms with Crippen LogP contribution in [0.3, 0.4) is 0 Å². The number of aromatic nitrogens is 5. The van der Waals surface area contributed by atoms with Crippen LogP contribution in [0.5, 0.6) is 0 Å². The molecule has 0 amide bonds. The maximum absolute atomic E-state index is 12.4. The Bertz CT molecular complexity index is 1130. The van der Waals surface area contributed by atoms with Crippen LogP contribution in [0.2, 0.25) is 5.02 Å². The number of hydrogen-bond acceptors (Lipinski definition) is 7. The fourth-order valence-corrected chi connectivity index (χ4v) is 3.31. The molecule has 11 heteroatoms. The van der Waals surface area contributed by atoms with Gasteiger partial charge in [0.05, 0.1) is 5.75 Å². The smallest absolute Gasteiger partial charge is 0.329 e. The number of aromatic amines is 1. The number of rotatable bonds is 5. The molecule has 9 nitrogen and oxygen atoms in total. The first-order chi connectivity index (χ1) is 12.8. The largest absolute Gasteiger partial charge is 0.384 e. The van der Waals surface area contributed by atoms with Gasteiger partial charge in [-0.25, -0.2) is 4.79 Å². The molecular formula is C16H15ClN6O3S. The van der Waals surface area contributed by atoms with Crippen LogP contribution in [-0.2, 0) is 14.1 Å². The highest BCUT2D eigenvalue weighted by Gasteiger charge is 2.20. The number of anilines is 1. The summed E-state index contributed by atoms with van der Waals surface area (Å²) >= 11 is 7.00. The third-order valence-corrected chi connectivity index (χ3v) is 5.19. The highest BCUT2D eigenvalue weighted by atomic mass is 35.5. The third kappa shape index (κ3) is 3.67. The molecule has 0 spiro atoms. The molecule has 0 saturated carbocycles. The van der Waals surface area contributed by atoms with E-state index in [1.807, 2.05) is 12.1 Å². The lowest BCUT2D eigenvalue weighted by Crippen LogP contribution is -2.35. The summed E-state index contributed by atoms with van der Waals surface area (Å²) in [5.74, 6) is -0.154. The number of Topliss-reactive ketones (excluding diaryl/α,β-unsaturated/α-hetero) is 1. The number of carbonyl (C=O) groups is 1. The summed E-state index contributed by atoms with van der Waals surface area (Å²) in [6, 6.07) is 7.13. The van der Waals surface area contributed by atoms with Gasteiger partial charge in [0.1, 0.15) is 11.4 Å². The number of carbonyl (C=O) groups excluding carboxylic acids is 1. The van der Waals surface area contributed by atoms with E-state index in [1.165, 1.54) is 7.05 Å². The molecule has 0 fully saturated rings. The number of benzene rings is 1. The molecule has 27 heavy (non-hydrogen) atoms. The predicted molar refractivity (Wildman–Crippen MR) is 103 cm³/mol. The summed E-state index contributed by atoms with van der Waals surface area (Å²) in [7, 11) is 3.14. The van der Waals surface area contributed by atoms with Crippen LogP contribution in [0.4, 0.5) is 5.82 Å². The number of nitrogens with zero attached hydrogens (tertiary/aromatic N) is 4. The molecule has 3 aromatic rings. The molecule has 0 aliphatic rings. The van der Waals surface area contributed by atoms with Gasteiger partial charge in [-0.1, -0.05) is 23.4 Å². The van der Waals surface area contributed by atoms with Gasteiger partial charge < -0.3 is 10.3 Å². The Balaban J connectivity index is 1.81. The number of ketones is 1. The second-order valence-electron chi connectivity index (χ2n) is 5.66. The van der Waals surface area contributed by atoms with Gasteiger partial charge in [-0.2, -0.15) is 0 Å². The van der Waals surface area contributed by atoms with Gasteiger partial charge in [0.25, 0.3) is 5.56 Å². The molecule has 1 aromatic carbocycles. The Morgan fingerprint density at radius 3 is 2.52 bits per heavy atom. The molecule has 3 N–H and O–H groups in total. The first-order valence-corrected chi connectivity index (χ1v) is 9.06. The van der Waals surface area contributed by atoms with E-state index in [4.69, 9.17) is 17.3 Å². The molecule has 0 aliphatic carbocycles. The number of nitrogens with one attached hydrogen (secondary N) is 1. The number of halogens is 1. The minimum atomic E-state index is -0.805. The summed E-state index contributed by atoms with van der Waals surface area (Å²) in [5.41, 5.74) is 4.84. The highest BCUT2D eigenvalue weighted by Crippen LogP contribution is 2.24. The molecule has 0 unspecified atom stereocenters. The van der Waals surface area contributed by atoms with Crippen molar-refractivity contribution in [3.63, 3.8) is 0 Å². The lowest BCUT2D eigenvalue weighted by atomic mass is 10.2. The first kappa shape index (κ1) is 18.9. The summed E-state index contributed by atoms with van der Waals surface area (Å²) in [4.78, 5) is 37.9. The van der Waals surface area contributed by atoms with Crippen molar-refractivity contribution in [2.24, 2.45) is 14.1 Å². The lowest BCUT2D eigenvalue weighted by Gasteiger charge is -2.07. The number of nitrogen functional groups attached to an aromatic ring is 1. The molecule has 2 aromatic heterocycles.